The average Bonchev–Trinajstić information content (AvgIpc) is 2.91. The summed E-state index contributed by atoms with van der Waals surface area (Å²) in [5.74, 6) is -1.20. The van der Waals surface area contributed by atoms with Crippen LogP contribution in [0.4, 0.5) is 0 Å². The molecule has 21 heavy (non-hydrogen) atoms. The van der Waals surface area contributed by atoms with E-state index in [1.807, 2.05) is 20.0 Å². The lowest BCUT2D eigenvalue weighted by atomic mass is 10.1. The van der Waals surface area contributed by atoms with Crippen molar-refractivity contribution in [3.05, 3.63) is 51.5 Å². The fourth-order valence-corrected chi connectivity index (χ4v) is 2.65. The summed E-state index contributed by atoms with van der Waals surface area (Å²) in [5, 5.41) is 12.7. The molecule has 0 saturated carbocycles. The van der Waals surface area contributed by atoms with Crippen LogP contribution in [0.15, 0.2) is 30.5 Å². The van der Waals surface area contributed by atoms with Gasteiger partial charge in [0.15, 0.2) is 0 Å². The normalized spacial score (nSPS) is 11.9. The Labute approximate surface area is 126 Å². The van der Waals surface area contributed by atoms with Crippen LogP contribution in [0.1, 0.15) is 43.4 Å². The maximum absolute atomic E-state index is 12.0. The van der Waals surface area contributed by atoms with Crippen LogP contribution in [-0.4, -0.2) is 28.5 Å². The number of amides is 1. The minimum atomic E-state index is -1.05. The third-order valence-electron chi connectivity index (χ3n) is 3.00. The van der Waals surface area contributed by atoms with Crippen molar-refractivity contribution in [2.45, 2.75) is 19.8 Å². The Kier molecular flexibility index (Phi) is 4.70. The van der Waals surface area contributed by atoms with Gasteiger partial charge in [0.1, 0.15) is 0 Å². The Balaban J connectivity index is 1.98. The van der Waals surface area contributed by atoms with E-state index in [4.69, 9.17) is 5.11 Å². The highest BCUT2D eigenvalue weighted by molar-refractivity contribution is 7.11. The number of aromatic carboxylic acids is 1. The summed E-state index contributed by atoms with van der Waals surface area (Å²) in [7, 11) is 0. The summed E-state index contributed by atoms with van der Waals surface area (Å²) in [4.78, 5) is 28.4. The highest BCUT2D eigenvalue weighted by Crippen LogP contribution is 2.20. The lowest BCUT2D eigenvalue weighted by molar-refractivity contribution is 0.0697. The minimum Gasteiger partial charge on any atom is -0.478 e. The van der Waals surface area contributed by atoms with Gasteiger partial charge in [0.2, 0.25) is 0 Å². The van der Waals surface area contributed by atoms with Crippen LogP contribution in [0.5, 0.6) is 0 Å². The summed E-state index contributed by atoms with van der Waals surface area (Å²) >= 11 is 1.61. The van der Waals surface area contributed by atoms with Gasteiger partial charge in [0, 0.05) is 29.1 Å². The SMILES string of the molecule is Cc1cnc(C(C)CNC(=O)c2cccc(C(=O)O)c2)s1. The van der Waals surface area contributed by atoms with E-state index < -0.39 is 5.97 Å². The van der Waals surface area contributed by atoms with E-state index in [0.717, 1.165) is 9.88 Å². The van der Waals surface area contributed by atoms with Crippen LogP contribution in [-0.2, 0) is 0 Å². The molecule has 1 heterocycles. The molecule has 1 unspecified atom stereocenters. The number of carboxylic acids is 1. The number of hydrogen-bond acceptors (Lipinski definition) is 4. The molecule has 2 N–H and O–H groups in total. The molecule has 6 heteroatoms. The first kappa shape index (κ1) is 15.2. The monoisotopic (exact) mass is 304 g/mol. The van der Waals surface area contributed by atoms with Crippen molar-refractivity contribution in [3.8, 4) is 0 Å². The predicted octanol–water partition coefficient (Wildman–Crippen LogP) is 2.68. The van der Waals surface area contributed by atoms with Gasteiger partial charge in [0.05, 0.1) is 10.6 Å². The zero-order valence-electron chi connectivity index (χ0n) is 11.8. The number of benzene rings is 1. The first-order chi connectivity index (χ1) is 9.97. The molecule has 110 valence electrons. The van der Waals surface area contributed by atoms with Crippen molar-refractivity contribution >= 4 is 23.2 Å². The number of carboxylic acid groups (broad SMARTS) is 1. The van der Waals surface area contributed by atoms with Crippen LogP contribution in [0.3, 0.4) is 0 Å². The average molecular weight is 304 g/mol. The van der Waals surface area contributed by atoms with Gasteiger partial charge in [-0.3, -0.25) is 4.79 Å². The van der Waals surface area contributed by atoms with Crippen LogP contribution < -0.4 is 5.32 Å². The Bertz CT molecular complexity index is 666. The van der Waals surface area contributed by atoms with Crippen LogP contribution in [0, 0.1) is 6.92 Å². The van der Waals surface area contributed by atoms with Crippen molar-refractivity contribution < 1.29 is 14.7 Å². The molecular formula is C15H16N2O3S. The smallest absolute Gasteiger partial charge is 0.335 e. The molecule has 1 atom stereocenters. The van der Waals surface area contributed by atoms with Crippen molar-refractivity contribution in [1.29, 1.82) is 0 Å². The molecular weight excluding hydrogens is 288 g/mol. The number of rotatable bonds is 5. The van der Waals surface area contributed by atoms with E-state index in [9.17, 15) is 9.59 Å². The molecule has 0 saturated heterocycles. The summed E-state index contributed by atoms with van der Waals surface area (Å²) < 4.78 is 0. The Morgan fingerprint density at radius 3 is 2.71 bits per heavy atom. The first-order valence-electron chi connectivity index (χ1n) is 6.51. The predicted molar refractivity (Wildman–Crippen MR) is 81.0 cm³/mol. The molecule has 0 aliphatic carbocycles. The van der Waals surface area contributed by atoms with Gasteiger partial charge in [-0.05, 0) is 25.1 Å². The Morgan fingerprint density at radius 2 is 2.10 bits per heavy atom. The van der Waals surface area contributed by atoms with Crippen molar-refractivity contribution in [2.24, 2.45) is 0 Å². The van der Waals surface area contributed by atoms with Crippen LogP contribution in [0.25, 0.3) is 0 Å². The summed E-state index contributed by atoms with van der Waals surface area (Å²) in [5.41, 5.74) is 0.448. The highest BCUT2D eigenvalue weighted by Gasteiger charge is 2.13. The standard InChI is InChI=1S/C15H16N2O3S/c1-9(14-17-8-10(2)21-14)7-16-13(18)11-4-3-5-12(6-11)15(19)20/h3-6,8-9H,7H2,1-2H3,(H,16,18)(H,19,20). The molecule has 2 aromatic rings. The molecule has 0 spiro atoms. The van der Waals surface area contributed by atoms with Gasteiger partial charge in [-0.15, -0.1) is 11.3 Å². The first-order valence-corrected chi connectivity index (χ1v) is 7.33. The fraction of sp³-hybridized carbons (Fsp3) is 0.267. The van der Waals surface area contributed by atoms with E-state index in [1.165, 1.54) is 12.1 Å². The Hall–Kier alpha value is -2.21. The minimum absolute atomic E-state index is 0.103. The number of carbonyl (C=O) groups excluding carboxylic acids is 1. The second-order valence-electron chi connectivity index (χ2n) is 4.81. The number of aryl methyl sites for hydroxylation is 1. The van der Waals surface area contributed by atoms with E-state index in [-0.39, 0.29) is 17.4 Å². The third-order valence-corrected chi connectivity index (χ3v) is 4.15. The topological polar surface area (TPSA) is 79.3 Å². The maximum Gasteiger partial charge on any atom is 0.335 e. The van der Waals surface area contributed by atoms with Gasteiger partial charge in [-0.1, -0.05) is 13.0 Å². The van der Waals surface area contributed by atoms with Crippen molar-refractivity contribution in [2.75, 3.05) is 6.54 Å². The lowest BCUT2D eigenvalue weighted by Gasteiger charge is -2.10. The molecule has 2 rings (SSSR count). The number of hydrogen-bond donors (Lipinski definition) is 2. The van der Waals surface area contributed by atoms with Crippen LogP contribution >= 0.6 is 11.3 Å². The van der Waals surface area contributed by atoms with E-state index in [0.29, 0.717) is 12.1 Å². The largest absolute Gasteiger partial charge is 0.478 e. The lowest BCUT2D eigenvalue weighted by Crippen LogP contribution is -2.27. The second-order valence-corrected chi connectivity index (χ2v) is 6.07. The molecule has 0 fully saturated rings. The molecule has 0 aliphatic rings. The summed E-state index contributed by atoms with van der Waals surface area (Å²) in [6.45, 7) is 4.44. The zero-order valence-corrected chi connectivity index (χ0v) is 12.6. The number of nitrogens with zero attached hydrogens (tertiary/aromatic N) is 1. The van der Waals surface area contributed by atoms with E-state index in [2.05, 4.69) is 10.3 Å². The van der Waals surface area contributed by atoms with Gasteiger partial charge < -0.3 is 10.4 Å². The molecule has 1 amide bonds. The third kappa shape index (κ3) is 3.88. The van der Waals surface area contributed by atoms with Gasteiger partial charge >= 0.3 is 5.97 Å². The van der Waals surface area contributed by atoms with Crippen molar-refractivity contribution in [3.63, 3.8) is 0 Å². The number of carbonyl (C=O) groups is 2. The van der Waals surface area contributed by atoms with E-state index >= 15 is 0 Å². The molecule has 0 bridgehead atoms. The van der Waals surface area contributed by atoms with E-state index in [1.54, 1.807) is 23.5 Å². The van der Waals surface area contributed by atoms with Crippen molar-refractivity contribution in [1.82, 2.24) is 10.3 Å². The van der Waals surface area contributed by atoms with Crippen LogP contribution in [0.2, 0.25) is 0 Å². The number of thiazole rings is 1. The molecule has 5 nitrogen and oxygen atoms in total. The van der Waals surface area contributed by atoms with Gasteiger partial charge in [0.25, 0.3) is 5.91 Å². The Morgan fingerprint density at radius 1 is 1.38 bits per heavy atom. The quantitative estimate of drug-likeness (QED) is 0.890. The second kappa shape index (κ2) is 6.49. The maximum atomic E-state index is 12.0. The number of aromatic nitrogens is 1. The highest BCUT2D eigenvalue weighted by atomic mass is 32.1. The zero-order chi connectivity index (χ0) is 15.4. The van der Waals surface area contributed by atoms with Gasteiger partial charge in [-0.2, -0.15) is 0 Å². The summed E-state index contributed by atoms with van der Waals surface area (Å²) in [6, 6.07) is 5.99. The summed E-state index contributed by atoms with van der Waals surface area (Å²) in [6.07, 6.45) is 1.81. The number of nitrogens with one attached hydrogen (secondary N) is 1. The molecule has 0 radical (unpaired) electrons. The molecule has 0 aliphatic heterocycles. The molecule has 1 aromatic heterocycles. The molecule has 1 aromatic carbocycles. The fourth-order valence-electron chi connectivity index (χ4n) is 1.83. The van der Waals surface area contributed by atoms with Gasteiger partial charge in [-0.25, -0.2) is 9.78 Å².